The molecule has 0 bridgehead atoms. The molecule has 0 saturated heterocycles. The van der Waals surface area contributed by atoms with Gasteiger partial charge in [0.25, 0.3) is 0 Å². The van der Waals surface area contributed by atoms with Gasteiger partial charge in [-0.3, -0.25) is 0 Å². The summed E-state index contributed by atoms with van der Waals surface area (Å²) in [6.45, 7) is 5.52. The van der Waals surface area contributed by atoms with Gasteiger partial charge >= 0.3 is 0 Å². The predicted octanol–water partition coefficient (Wildman–Crippen LogP) is 3.24. The van der Waals surface area contributed by atoms with Crippen molar-refractivity contribution in [3.8, 4) is 0 Å². The first kappa shape index (κ1) is 14.1. The minimum absolute atomic E-state index is 0.257. The van der Waals surface area contributed by atoms with Gasteiger partial charge in [0.2, 0.25) is 0 Å². The maximum absolute atomic E-state index is 6.02. The molecule has 0 saturated carbocycles. The van der Waals surface area contributed by atoms with Crippen LogP contribution in [0.25, 0.3) is 0 Å². The van der Waals surface area contributed by atoms with Crippen molar-refractivity contribution in [2.75, 3.05) is 37.5 Å². The number of hydrogen-bond acceptors (Lipinski definition) is 3. The molecular formula is C13H21ClN2O. The maximum atomic E-state index is 6.02. The lowest BCUT2D eigenvalue weighted by molar-refractivity contribution is 0.141. The van der Waals surface area contributed by atoms with Gasteiger partial charge in [0.1, 0.15) is 0 Å². The summed E-state index contributed by atoms with van der Waals surface area (Å²) in [7, 11) is 4.03. The molecule has 1 atom stereocenters. The van der Waals surface area contributed by atoms with Crippen molar-refractivity contribution in [3.05, 3.63) is 23.2 Å². The fourth-order valence-corrected chi connectivity index (χ4v) is 1.79. The van der Waals surface area contributed by atoms with E-state index in [1.807, 2.05) is 39.2 Å². The molecule has 0 radical (unpaired) electrons. The quantitative estimate of drug-likeness (QED) is 0.846. The Morgan fingerprint density at radius 3 is 2.71 bits per heavy atom. The van der Waals surface area contributed by atoms with Gasteiger partial charge in [-0.05, 0) is 32.0 Å². The molecule has 0 aliphatic heterocycles. The fourth-order valence-electron chi connectivity index (χ4n) is 1.62. The Hall–Kier alpha value is -0.930. The summed E-state index contributed by atoms with van der Waals surface area (Å²) in [6, 6.07) is 6.11. The van der Waals surface area contributed by atoms with Crippen molar-refractivity contribution in [1.29, 1.82) is 0 Å². The first-order valence-corrected chi connectivity index (χ1v) is 6.23. The molecule has 0 heterocycles. The lowest BCUT2D eigenvalue weighted by Gasteiger charge is -2.22. The van der Waals surface area contributed by atoms with E-state index in [0.29, 0.717) is 6.61 Å². The van der Waals surface area contributed by atoms with E-state index >= 15 is 0 Å². The zero-order chi connectivity index (χ0) is 12.8. The predicted molar refractivity (Wildman–Crippen MR) is 75.4 cm³/mol. The highest BCUT2D eigenvalue weighted by atomic mass is 35.5. The number of nitrogens with zero attached hydrogens (tertiary/aromatic N) is 1. The van der Waals surface area contributed by atoms with Crippen LogP contribution in [0.5, 0.6) is 0 Å². The highest BCUT2D eigenvalue weighted by Gasteiger charge is 2.08. The summed E-state index contributed by atoms with van der Waals surface area (Å²) >= 11 is 6.02. The highest BCUT2D eigenvalue weighted by molar-refractivity contribution is 6.31. The van der Waals surface area contributed by atoms with Crippen LogP contribution in [0, 0.1) is 0 Å². The molecule has 96 valence electrons. The average Bonchev–Trinajstić information content (AvgIpc) is 2.26. The number of nitrogens with one attached hydrogen (secondary N) is 1. The largest absolute Gasteiger partial charge is 0.380 e. The molecule has 0 fully saturated rings. The molecule has 1 aromatic carbocycles. The Labute approximate surface area is 109 Å². The number of rotatable bonds is 6. The molecule has 0 amide bonds. The molecule has 1 aromatic rings. The number of hydrogen-bond donors (Lipinski definition) is 1. The van der Waals surface area contributed by atoms with E-state index in [2.05, 4.69) is 17.1 Å². The Morgan fingerprint density at radius 1 is 1.41 bits per heavy atom. The van der Waals surface area contributed by atoms with Crippen molar-refractivity contribution in [2.45, 2.75) is 19.9 Å². The van der Waals surface area contributed by atoms with E-state index in [1.165, 1.54) is 0 Å². The van der Waals surface area contributed by atoms with Gasteiger partial charge in [-0.15, -0.1) is 0 Å². The first-order valence-electron chi connectivity index (χ1n) is 5.85. The number of halogens is 1. The smallest absolute Gasteiger partial charge is 0.0664 e. The third kappa shape index (κ3) is 4.44. The zero-order valence-electron chi connectivity index (χ0n) is 11.0. The Kier molecular flexibility index (Phi) is 5.59. The molecule has 1 N–H and O–H groups in total. The molecule has 17 heavy (non-hydrogen) atoms. The van der Waals surface area contributed by atoms with Gasteiger partial charge in [0.05, 0.1) is 18.0 Å². The van der Waals surface area contributed by atoms with Gasteiger partial charge in [0, 0.05) is 31.8 Å². The highest BCUT2D eigenvalue weighted by Crippen LogP contribution is 2.28. The summed E-state index contributed by atoms with van der Waals surface area (Å²) < 4.78 is 5.39. The summed E-state index contributed by atoms with van der Waals surface area (Å²) in [5.74, 6) is 0. The molecule has 4 heteroatoms. The van der Waals surface area contributed by atoms with Gasteiger partial charge in [-0.2, -0.15) is 0 Å². The number of ether oxygens (including phenoxy) is 1. The van der Waals surface area contributed by atoms with Crippen LogP contribution in [-0.4, -0.2) is 33.4 Å². The van der Waals surface area contributed by atoms with Crippen molar-refractivity contribution in [1.82, 2.24) is 0 Å². The lowest BCUT2D eigenvalue weighted by atomic mass is 10.2. The molecule has 0 aliphatic rings. The second kappa shape index (κ2) is 6.72. The lowest BCUT2D eigenvalue weighted by Crippen LogP contribution is -2.23. The van der Waals surface area contributed by atoms with Crippen LogP contribution < -0.4 is 10.2 Å². The number of anilines is 2. The van der Waals surface area contributed by atoms with Crippen LogP contribution in [-0.2, 0) is 4.74 Å². The summed E-state index contributed by atoms with van der Waals surface area (Å²) in [5, 5.41) is 4.15. The van der Waals surface area contributed by atoms with E-state index in [1.54, 1.807) is 0 Å². The average molecular weight is 257 g/mol. The van der Waals surface area contributed by atoms with Crippen molar-refractivity contribution >= 4 is 23.0 Å². The molecule has 0 aromatic heterocycles. The molecule has 1 unspecified atom stereocenters. The molecule has 3 nitrogen and oxygen atoms in total. The van der Waals surface area contributed by atoms with Gasteiger partial charge in [-0.1, -0.05) is 11.6 Å². The van der Waals surface area contributed by atoms with E-state index in [9.17, 15) is 0 Å². The van der Waals surface area contributed by atoms with Crippen LogP contribution in [0.4, 0.5) is 11.4 Å². The molecule has 0 aliphatic carbocycles. The van der Waals surface area contributed by atoms with Gasteiger partial charge < -0.3 is 15.0 Å². The Morgan fingerprint density at radius 2 is 2.12 bits per heavy atom. The van der Waals surface area contributed by atoms with Gasteiger partial charge in [-0.25, -0.2) is 0 Å². The van der Waals surface area contributed by atoms with Crippen LogP contribution >= 0.6 is 11.6 Å². The Bertz CT molecular complexity index is 355. The standard InChI is InChI=1S/C13H21ClN2O/c1-5-17-9-10(2)15-12-8-11(14)6-7-13(12)16(3)4/h6-8,10,15H,5,9H2,1-4H3. The fraction of sp³-hybridized carbons (Fsp3) is 0.538. The van der Waals surface area contributed by atoms with E-state index in [0.717, 1.165) is 23.0 Å². The SMILES string of the molecule is CCOCC(C)Nc1cc(Cl)ccc1N(C)C. The Balaban J connectivity index is 2.77. The van der Waals surface area contributed by atoms with Crippen LogP contribution in [0.3, 0.4) is 0 Å². The monoisotopic (exact) mass is 256 g/mol. The molecule has 1 rings (SSSR count). The van der Waals surface area contributed by atoms with E-state index in [-0.39, 0.29) is 6.04 Å². The summed E-state index contributed by atoms with van der Waals surface area (Å²) in [4.78, 5) is 2.06. The third-order valence-corrected chi connectivity index (χ3v) is 2.65. The second-order valence-corrected chi connectivity index (χ2v) is 4.70. The summed E-state index contributed by atoms with van der Waals surface area (Å²) in [6.07, 6.45) is 0. The summed E-state index contributed by atoms with van der Waals surface area (Å²) in [5.41, 5.74) is 2.16. The topological polar surface area (TPSA) is 24.5 Å². The number of benzene rings is 1. The molecule has 0 spiro atoms. The normalized spacial score (nSPS) is 12.3. The van der Waals surface area contributed by atoms with Crippen LogP contribution in [0.15, 0.2) is 18.2 Å². The zero-order valence-corrected chi connectivity index (χ0v) is 11.7. The van der Waals surface area contributed by atoms with Crippen LogP contribution in [0.1, 0.15) is 13.8 Å². The maximum Gasteiger partial charge on any atom is 0.0664 e. The van der Waals surface area contributed by atoms with E-state index in [4.69, 9.17) is 16.3 Å². The van der Waals surface area contributed by atoms with Gasteiger partial charge in [0.15, 0.2) is 0 Å². The molecular weight excluding hydrogens is 236 g/mol. The second-order valence-electron chi connectivity index (χ2n) is 4.26. The van der Waals surface area contributed by atoms with Crippen molar-refractivity contribution in [3.63, 3.8) is 0 Å². The van der Waals surface area contributed by atoms with Crippen molar-refractivity contribution in [2.24, 2.45) is 0 Å². The third-order valence-electron chi connectivity index (χ3n) is 2.41. The van der Waals surface area contributed by atoms with Crippen molar-refractivity contribution < 1.29 is 4.74 Å². The minimum Gasteiger partial charge on any atom is -0.380 e. The van der Waals surface area contributed by atoms with E-state index < -0.39 is 0 Å². The van der Waals surface area contributed by atoms with Crippen LogP contribution in [0.2, 0.25) is 5.02 Å². The first-order chi connectivity index (χ1) is 8.04. The minimum atomic E-state index is 0.257.